The Balaban J connectivity index is 2.58. The van der Waals surface area contributed by atoms with Crippen molar-refractivity contribution < 1.29 is 23.9 Å². The smallest absolute Gasteiger partial charge is 0.332 e. The van der Waals surface area contributed by atoms with E-state index in [-0.39, 0.29) is 17.9 Å². The van der Waals surface area contributed by atoms with Crippen LogP contribution in [0.25, 0.3) is 0 Å². The van der Waals surface area contributed by atoms with Gasteiger partial charge in [-0.25, -0.2) is 4.79 Å². The summed E-state index contributed by atoms with van der Waals surface area (Å²) >= 11 is 0. The fourth-order valence-corrected chi connectivity index (χ4v) is 1.30. The number of methoxy groups -OCH3 is 1. The maximum absolute atomic E-state index is 11.5. The number of para-hydroxylation sites is 1. The molecule has 0 aliphatic carbocycles. The molecule has 19 heavy (non-hydrogen) atoms. The van der Waals surface area contributed by atoms with E-state index in [1.165, 1.54) is 19.2 Å². The molecule has 0 unspecified atom stereocenters. The van der Waals surface area contributed by atoms with Gasteiger partial charge in [0.15, 0.2) is 6.61 Å². The lowest BCUT2D eigenvalue weighted by Crippen LogP contribution is -2.24. The highest BCUT2D eigenvalue weighted by molar-refractivity contribution is 6.03. The fourth-order valence-electron chi connectivity index (χ4n) is 1.30. The molecule has 0 aliphatic rings. The van der Waals surface area contributed by atoms with Crippen LogP contribution in [0, 0.1) is 0 Å². The summed E-state index contributed by atoms with van der Waals surface area (Å²) in [5.74, 6) is -1.88. The number of nitrogens with one attached hydrogen (secondary N) is 1. The molecule has 2 amide bonds. The Morgan fingerprint density at radius 2 is 1.89 bits per heavy atom. The quantitative estimate of drug-likeness (QED) is 0.700. The summed E-state index contributed by atoms with van der Waals surface area (Å²) in [7, 11) is 1.34. The molecule has 7 nitrogen and oxygen atoms in total. The predicted molar refractivity (Wildman–Crippen MR) is 66.4 cm³/mol. The third kappa shape index (κ3) is 4.76. The summed E-state index contributed by atoms with van der Waals surface area (Å²) in [6, 6.07) is 6.26. The van der Waals surface area contributed by atoms with Gasteiger partial charge >= 0.3 is 5.97 Å². The highest BCUT2D eigenvalue weighted by Crippen LogP contribution is 2.13. The molecule has 1 rings (SSSR count). The number of rotatable bonds is 6. The average Bonchev–Trinajstić information content (AvgIpc) is 2.37. The third-order valence-corrected chi connectivity index (χ3v) is 2.09. The monoisotopic (exact) mass is 266 g/mol. The highest BCUT2D eigenvalue weighted by Gasteiger charge is 2.11. The van der Waals surface area contributed by atoms with Gasteiger partial charge in [-0.15, -0.1) is 0 Å². The Bertz CT molecular complexity index is 487. The number of nitrogens with two attached hydrogens (primary N) is 1. The SMILES string of the molecule is COCC(=O)OCC(=O)Nc1ccccc1C(N)=O. The van der Waals surface area contributed by atoms with E-state index in [0.717, 1.165) is 0 Å². The van der Waals surface area contributed by atoms with E-state index >= 15 is 0 Å². The first-order valence-electron chi connectivity index (χ1n) is 5.38. The number of carbonyl (C=O) groups is 3. The maximum Gasteiger partial charge on any atom is 0.332 e. The van der Waals surface area contributed by atoms with Gasteiger partial charge in [-0.1, -0.05) is 12.1 Å². The molecular weight excluding hydrogens is 252 g/mol. The summed E-state index contributed by atoms with van der Waals surface area (Å²) in [6.07, 6.45) is 0. The largest absolute Gasteiger partial charge is 0.454 e. The first-order valence-corrected chi connectivity index (χ1v) is 5.38. The Kier molecular flexibility index (Phi) is 5.49. The van der Waals surface area contributed by atoms with Crippen LogP contribution in [-0.2, 0) is 19.1 Å². The van der Waals surface area contributed by atoms with Crippen LogP contribution in [-0.4, -0.2) is 38.1 Å². The highest BCUT2D eigenvalue weighted by atomic mass is 16.6. The van der Waals surface area contributed by atoms with Gasteiger partial charge in [0.2, 0.25) is 0 Å². The van der Waals surface area contributed by atoms with Gasteiger partial charge in [-0.05, 0) is 12.1 Å². The minimum absolute atomic E-state index is 0.180. The zero-order valence-electron chi connectivity index (χ0n) is 10.3. The topological polar surface area (TPSA) is 108 Å². The average molecular weight is 266 g/mol. The maximum atomic E-state index is 11.5. The molecule has 0 aliphatic heterocycles. The number of anilines is 1. The molecule has 102 valence electrons. The number of amides is 2. The molecule has 0 heterocycles. The van der Waals surface area contributed by atoms with Crippen molar-refractivity contribution in [2.45, 2.75) is 0 Å². The van der Waals surface area contributed by atoms with Gasteiger partial charge in [-0.3, -0.25) is 9.59 Å². The van der Waals surface area contributed by atoms with Crippen LogP contribution >= 0.6 is 0 Å². The van der Waals surface area contributed by atoms with E-state index in [0.29, 0.717) is 0 Å². The van der Waals surface area contributed by atoms with Crippen LogP contribution in [0.15, 0.2) is 24.3 Å². The fraction of sp³-hybridized carbons (Fsp3) is 0.250. The van der Waals surface area contributed by atoms with Gasteiger partial charge in [0.25, 0.3) is 11.8 Å². The van der Waals surface area contributed by atoms with Crippen molar-refractivity contribution in [3.05, 3.63) is 29.8 Å². The Morgan fingerprint density at radius 1 is 1.21 bits per heavy atom. The van der Waals surface area contributed by atoms with E-state index < -0.39 is 24.4 Å². The van der Waals surface area contributed by atoms with Crippen molar-refractivity contribution in [2.75, 3.05) is 25.6 Å². The van der Waals surface area contributed by atoms with Crippen molar-refractivity contribution >= 4 is 23.5 Å². The molecule has 0 fully saturated rings. The van der Waals surface area contributed by atoms with E-state index in [4.69, 9.17) is 5.73 Å². The van der Waals surface area contributed by atoms with Crippen molar-refractivity contribution in [3.63, 3.8) is 0 Å². The van der Waals surface area contributed by atoms with Crippen molar-refractivity contribution in [1.82, 2.24) is 0 Å². The van der Waals surface area contributed by atoms with Gasteiger partial charge in [0.05, 0.1) is 11.3 Å². The van der Waals surface area contributed by atoms with E-state index in [2.05, 4.69) is 14.8 Å². The van der Waals surface area contributed by atoms with Gasteiger partial charge < -0.3 is 20.5 Å². The lowest BCUT2D eigenvalue weighted by Gasteiger charge is -2.09. The first-order chi connectivity index (χ1) is 9.04. The molecule has 3 N–H and O–H groups in total. The van der Waals surface area contributed by atoms with Crippen LogP contribution in [0.1, 0.15) is 10.4 Å². The zero-order chi connectivity index (χ0) is 14.3. The van der Waals surface area contributed by atoms with Crippen molar-refractivity contribution in [1.29, 1.82) is 0 Å². The summed E-state index contributed by atoms with van der Waals surface area (Å²) in [4.78, 5) is 33.6. The Labute approximate surface area is 109 Å². The second kappa shape index (κ2) is 7.12. The minimum atomic E-state index is -0.660. The molecule has 0 saturated carbocycles. The molecule has 1 aromatic carbocycles. The second-order valence-corrected chi connectivity index (χ2v) is 3.55. The van der Waals surface area contributed by atoms with E-state index in [9.17, 15) is 14.4 Å². The normalized spacial score (nSPS) is 9.74. The summed E-state index contributed by atoms with van der Waals surface area (Å²) in [5.41, 5.74) is 5.61. The van der Waals surface area contributed by atoms with Gasteiger partial charge in [-0.2, -0.15) is 0 Å². The minimum Gasteiger partial charge on any atom is -0.454 e. The zero-order valence-corrected chi connectivity index (χ0v) is 10.3. The Morgan fingerprint density at radius 3 is 2.53 bits per heavy atom. The summed E-state index contributed by atoms with van der Waals surface area (Å²) in [6.45, 7) is -0.694. The third-order valence-electron chi connectivity index (χ3n) is 2.09. The molecule has 7 heteroatoms. The van der Waals surface area contributed by atoms with Crippen molar-refractivity contribution in [3.8, 4) is 0 Å². The number of hydrogen-bond donors (Lipinski definition) is 2. The molecule has 0 saturated heterocycles. The van der Waals surface area contributed by atoms with E-state index in [1.807, 2.05) is 0 Å². The number of esters is 1. The lowest BCUT2D eigenvalue weighted by molar-refractivity contribution is -0.150. The molecule has 1 aromatic rings. The standard InChI is InChI=1S/C12H14N2O5/c1-18-7-11(16)19-6-10(15)14-9-5-3-2-4-8(9)12(13)17/h2-5H,6-7H2,1H3,(H2,13,17)(H,14,15). The van der Waals surface area contributed by atoms with E-state index in [1.54, 1.807) is 12.1 Å². The summed E-state index contributed by atoms with van der Waals surface area (Å²) < 4.78 is 9.16. The molecular formula is C12H14N2O5. The Hall–Kier alpha value is -2.41. The number of ether oxygens (including phenoxy) is 2. The second-order valence-electron chi connectivity index (χ2n) is 3.55. The number of carbonyl (C=O) groups excluding carboxylic acids is 3. The van der Waals surface area contributed by atoms with Crippen LogP contribution in [0.5, 0.6) is 0 Å². The van der Waals surface area contributed by atoms with Crippen LogP contribution < -0.4 is 11.1 Å². The first kappa shape index (κ1) is 14.7. The number of hydrogen-bond acceptors (Lipinski definition) is 5. The molecule has 0 atom stereocenters. The van der Waals surface area contributed by atoms with Crippen molar-refractivity contribution in [2.24, 2.45) is 5.73 Å². The van der Waals surface area contributed by atoms with Gasteiger partial charge in [0.1, 0.15) is 6.61 Å². The summed E-state index contributed by atoms with van der Waals surface area (Å²) in [5, 5.41) is 2.43. The van der Waals surface area contributed by atoms with Crippen LogP contribution in [0.4, 0.5) is 5.69 Å². The number of primary amides is 1. The number of benzene rings is 1. The van der Waals surface area contributed by atoms with Crippen LogP contribution in [0.3, 0.4) is 0 Å². The molecule has 0 radical (unpaired) electrons. The van der Waals surface area contributed by atoms with Gasteiger partial charge in [0, 0.05) is 7.11 Å². The molecule has 0 aromatic heterocycles. The van der Waals surface area contributed by atoms with Crippen LogP contribution in [0.2, 0.25) is 0 Å². The molecule has 0 bridgehead atoms. The molecule has 0 spiro atoms. The predicted octanol–water partition coefficient (Wildman–Crippen LogP) is -0.0864. The lowest BCUT2D eigenvalue weighted by atomic mass is 10.1.